The highest BCUT2D eigenvalue weighted by Gasteiger charge is 2.61. The summed E-state index contributed by atoms with van der Waals surface area (Å²) in [5, 5.41) is 19.9. The monoisotopic (exact) mass is 559 g/mol. The van der Waals surface area contributed by atoms with E-state index in [1.807, 2.05) is 72.8 Å². The molecule has 2 atom stereocenters. The normalized spacial score (nSPS) is 19.0. The van der Waals surface area contributed by atoms with E-state index in [0.29, 0.717) is 49.6 Å². The molecule has 1 aromatic heterocycles. The van der Waals surface area contributed by atoms with E-state index in [2.05, 4.69) is 11.4 Å². The summed E-state index contributed by atoms with van der Waals surface area (Å²) in [5.41, 5.74) is 3.59. The van der Waals surface area contributed by atoms with Gasteiger partial charge in [0.05, 0.1) is 23.2 Å². The van der Waals surface area contributed by atoms with Crippen LogP contribution in [0.3, 0.4) is 0 Å². The van der Waals surface area contributed by atoms with Crippen LogP contribution >= 0.6 is 23.2 Å². The number of rotatable bonds is 3. The lowest BCUT2D eigenvalue weighted by Gasteiger charge is -2.36. The average molecular weight is 560 g/mol. The van der Waals surface area contributed by atoms with Gasteiger partial charge < -0.3 is 5.32 Å². The van der Waals surface area contributed by atoms with Gasteiger partial charge in [0, 0.05) is 26.9 Å². The SMILES string of the molecule is N#CC1C(c2ccc(Cl)cc2)=Nc2c(c(-c3ccccc3)nn2-c2ccccc2)C12C(=O)Nc1ccc(Cl)cc12. The second-order valence-electron chi connectivity index (χ2n) is 9.68. The largest absolute Gasteiger partial charge is 0.325 e. The van der Waals surface area contributed by atoms with Gasteiger partial charge in [-0.05, 0) is 53.6 Å². The van der Waals surface area contributed by atoms with Crippen molar-refractivity contribution in [2.75, 3.05) is 5.32 Å². The molecule has 2 aliphatic rings. The number of carbonyl (C=O) groups excluding carboxylic acids is 1. The van der Waals surface area contributed by atoms with Crippen LogP contribution in [0.4, 0.5) is 11.5 Å². The van der Waals surface area contributed by atoms with Gasteiger partial charge in [-0.1, -0.05) is 83.9 Å². The van der Waals surface area contributed by atoms with Crippen LogP contribution in [0.1, 0.15) is 16.7 Å². The van der Waals surface area contributed by atoms with Crippen molar-refractivity contribution in [2.24, 2.45) is 10.9 Å². The molecule has 0 saturated carbocycles. The van der Waals surface area contributed by atoms with Crippen LogP contribution < -0.4 is 5.32 Å². The molecule has 1 N–H and O–H groups in total. The van der Waals surface area contributed by atoms with Crippen molar-refractivity contribution in [1.29, 1.82) is 5.26 Å². The fourth-order valence-electron chi connectivity index (χ4n) is 5.79. The van der Waals surface area contributed by atoms with Crippen LogP contribution in [0.25, 0.3) is 16.9 Å². The smallest absolute Gasteiger partial charge is 0.241 e. The maximum absolute atomic E-state index is 14.4. The maximum Gasteiger partial charge on any atom is 0.241 e. The number of nitrogens with one attached hydrogen (secondary N) is 1. The predicted molar refractivity (Wildman–Crippen MR) is 157 cm³/mol. The molecule has 4 aromatic carbocycles. The lowest BCUT2D eigenvalue weighted by Crippen LogP contribution is -2.48. The van der Waals surface area contributed by atoms with Crippen molar-refractivity contribution in [1.82, 2.24) is 9.78 Å². The topological polar surface area (TPSA) is 83.1 Å². The zero-order chi connectivity index (χ0) is 27.4. The second kappa shape index (κ2) is 9.20. The molecule has 0 bridgehead atoms. The van der Waals surface area contributed by atoms with E-state index in [9.17, 15) is 10.1 Å². The van der Waals surface area contributed by atoms with Crippen LogP contribution in [0.2, 0.25) is 10.0 Å². The van der Waals surface area contributed by atoms with E-state index in [1.165, 1.54) is 0 Å². The minimum absolute atomic E-state index is 0.330. The van der Waals surface area contributed by atoms with Crippen molar-refractivity contribution in [3.8, 4) is 23.0 Å². The summed E-state index contributed by atoms with van der Waals surface area (Å²) < 4.78 is 1.75. The molecule has 8 heteroatoms. The number of para-hydroxylation sites is 1. The van der Waals surface area contributed by atoms with E-state index in [1.54, 1.807) is 35.0 Å². The molecule has 40 heavy (non-hydrogen) atoms. The van der Waals surface area contributed by atoms with Crippen molar-refractivity contribution in [3.63, 3.8) is 0 Å². The van der Waals surface area contributed by atoms with Crippen molar-refractivity contribution >= 4 is 46.3 Å². The first-order chi connectivity index (χ1) is 19.5. The summed E-state index contributed by atoms with van der Waals surface area (Å²) in [6.45, 7) is 0. The number of halogens is 2. The minimum Gasteiger partial charge on any atom is -0.325 e. The molecule has 2 unspecified atom stereocenters. The van der Waals surface area contributed by atoms with Crippen LogP contribution in [-0.2, 0) is 10.2 Å². The first-order valence-corrected chi connectivity index (χ1v) is 13.4. The van der Waals surface area contributed by atoms with Crippen LogP contribution in [0.15, 0.2) is 108 Å². The third-order valence-electron chi connectivity index (χ3n) is 7.52. The number of amides is 1. The van der Waals surface area contributed by atoms with Gasteiger partial charge in [0.2, 0.25) is 5.91 Å². The molecular weight excluding hydrogens is 541 g/mol. The number of carbonyl (C=O) groups is 1. The van der Waals surface area contributed by atoms with E-state index < -0.39 is 11.3 Å². The Morgan fingerprint density at radius 3 is 2.23 bits per heavy atom. The third-order valence-corrected chi connectivity index (χ3v) is 8.01. The quantitative estimate of drug-likeness (QED) is 0.250. The van der Waals surface area contributed by atoms with Gasteiger partial charge in [-0.3, -0.25) is 4.79 Å². The minimum atomic E-state index is -1.47. The Balaban J connectivity index is 1.66. The molecule has 7 rings (SSSR count). The molecule has 3 heterocycles. The van der Waals surface area contributed by atoms with Gasteiger partial charge in [0.15, 0.2) is 5.82 Å². The number of nitrogens with zero attached hydrogens (tertiary/aromatic N) is 4. The molecule has 0 radical (unpaired) electrons. The lowest BCUT2D eigenvalue weighted by atomic mass is 9.62. The first-order valence-electron chi connectivity index (χ1n) is 12.6. The number of fused-ring (bicyclic) bond motifs is 4. The summed E-state index contributed by atoms with van der Waals surface area (Å²) in [5.74, 6) is -0.843. The number of aromatic nitrogens is 2. The number of aliphatic imine (C=N–C) groups is 1. The van der Waals surface area contributed by atoms with E-state index in [-0.39, 0.29) is 5.91 Å². The standard InChI is InChI=1S/C32H19Cl2N5O/c33-21-13-11-20(12-14-21)28-25(18-35)32(24-17-22(34)15-16-26(24)36-31(32)40)27-29(19-7-3-1-4-8-19)38-39(30(27)37-28)23-9-5-2-6-10-23/h1-17,25H,(H,36,40). The van der Waals surface area contributed by atoms with E-state index >= 15 is 0 Å². The van der Waals surface area contributed by atoms with Crippen molar-refractivity contribution < 1.29 is 4.79 Å². The molecule has 1 spiro atoms. The third kappa shape index (κ3) is 3.45. The number of hydrogen-bond donors (Lipinski definition) is 1. The Kier molecular flexibility index (Phi) is 5.60. The van der Waals surface area contributed by atoms with Gasteiger partial charge in [0.25, 0.3) is 0 Å². The van der Waals surface area contributed by atoms with Gasteiger partial charge in [-0.2, -0.15) is 10.4 Å². The Labute approximate surface area is 240 Å². The molecule has 1 amide bonds. The molecule has 0 fully saturated rings. The number of hydrogen-bond acceptors (Lipinski definition) is 4. The molecule has 2 aliphatic heterocycles. The second-order valence-corrected chi connectivity index (χ2v) is 10.6. The lowest BCUT2D eigenvalue weighted by molar-refractivity contribution is -0.120. The van der Waals surface area contributed by atoms with Gasteiger partial charge in [-0.15, -0.1) is 0 Å². The highest BCUT2D eigenvalue weighted by molar-refractivity contribution is 6.31. The fraction of sp³-hybridized carbons (Fsp3) is 0.0625. The molecule has 0 aliphatic carbocycles. The number of nitriles is 1. The van der Waals surface area contributed by atoms with Crippen LogP contribution in [0.5, 0.6) is 0 Å². The summed E-state index contributed by atoms with van der Waals surface area (Å²) in [6, 6.07) is 34.1. The predicted octanol–water partition coefficient (Wildman–Crippen LogP) is 7.36. The van der Waals surface area contributed by atoms with Gasteiger partial charge in [0.1, 0.15) is 11.3 Å². The van der Waals surface area contributed by atoms with Crippen LogP contribution in [0, 0.1) is 17.2 Å². The molecule has 192 valence electrons. The van der Waals surface area contributed by atoms with Gasteiger partial charge in [-0.25, -0.2) is 9.67 Å². The summed E-state index contributed by atoms with van der Waals surface area (Å²) in [4.78, 5) is 19.5. The van der Waals surface area contributed by atoms with E-state index in [0.717, 1.165) is 11.3 Å². The molecule has 0 saturated heterocycles. The van der Waals surface area contributed by atoms with Crippen molar-refractivity contribution in [2.45, 2.75) is 5.41 Å². The maximum atomic E-state index is 14.4. The first kappa shape index (κ1) is 24.3. The Morgan fingerprint density at radius 1 is 0.850 bits per heavy atom. The highest BCUT2D eigenvalue weighted by Crippen LogP contribution is 2.57. The summed E-state index contributed by atoms with van der Waals surface area (Å²) >= 11 is 12.7. The average Bonchev–Trinajstić information content (AvgIpc) is 3.50. The Hall–Kier alpha value is -4.70. The summed E-state index contributed by atoms with van der Waals surface area (Å²) in [6.07, 6.45) is 0. The Morgan fingerprint density at radius 2 is 1.52 bits per heavy atom. The zero-order valence-electron chi connectivity index (χ0n) is 20.8. The van der Waals surface area contributed by atoms with Gasteiger partial charge >= 0.3 is 0 Å². The molecular formula is C32H19Cl2N5O. The fourth-order valence-corrected chi connectivity index (χ4v) is 6.09. The highest BCUT2D eigenvalue weighted by atomic mass is 35.5. The van der Waals surface area contributed by atoms with Crippen molar-refractivity contribution in [3.05, 3.63) is 130 Å². The zero-order valence-corrected chi connectivity index (χ0v) is 22.4. The molecule has 6 nitrogen and oxygen atoms in total. The number of benzene rings is 4. The van der Waals surface area contributed by atoms with Crippen LogP contribution in [-0.4, -0.2) is 21.4 Å². The molecule has 5 aromatic rings. The summed E-state index contributed by atoms with van der Waals surface area (Å²) in [7, 11) is 0. The van der Waals surface area contributed by atoms with E-state index in [4.69, 9.17) is 33.3 Å². The Bertz CT molecular complexity index is 1870. The number of anilines is 1.